The van der Waals surface area contributed by atoms with Gasteiger partial charge in [0.15, 0.2) is 0 Å². The van der Waals surface area contributed by atoms with Crippen molar-refractivity contribution in [2.45, 2.75) is 6.92 Å². The van der Waals surface area contributed by atoms with Gasteiger partial charge in [-0.1, -0.05) is 23.7 Å². The van der Waals surface area contributed by atoms with Crippen LogP contribution in [0.2, 0.25) is 5.02 Å². The van der Waals surface area contributed by atoms with E-state index in [2.05, 4.69) is 4.99 Å². The average molecular weight is 394 g/mol. The maximum atomic E-state index is 14.2. The Bertz CT molecular complexity index is 1200. The number of halogens is 2. The second-order valence-electron chi connectivity index (χ2n) is 6.16. The molecule has 1 heterocycles. The van der Waals surface area contributed by atoms with Crippen LogP contribution in [0, 0.1) is 5.82 Å². The molecule has 0 N–H and O–H groups in total. The van der Waals surface area contributed by atoms with Crippen molar-refractivity contribution in [3.63, 3.8) is 0 Å². The van der Waals surface area contributed by atoms with E-state index in [1.165, 1.54) is 6.07 Å². The molecule has 0 amide bonds. The lowest BCUT2D eigenvalue weighted by Crippen LogP contribution is -2.04. The summed E-state index contributed by atoms with van der Waals surface area (Å²) in [6.07, 6.45) is 0. The first-order valence-corrected chi connectivity index (χ1v) is 9.28. The molecule has 5 heteroatoms. The van der Waals surface area contributed by atoms with Crippen LogP contribution >= 0.6 is 11.6 Å². The van der Waals surface area contributed by atoms with Crippen molar-refractivity contribution in [3.05, 3.63) is 89.0 Å². The highest BCUT2D eigenvalue weighted by Crippen LogP contribution is 2.26. The fraction of sp³-hybridized carbons (Fsp3) is 0.0870. The number of rotatable bonds is 4. The third-order valence-corrected chi connectivity index (χ3v) is 4.50. The van der Waals surface area contributed by atoms with Gasteiger partial charge < -0.3 is 9.15 Å². The first-order valence-electron chi connectivity index (χ1n) is 8.90. The smallest absolute Gasteiger partial charge is 0.148 e. The molecule has 3 nitrogen and oxygen atoms in total. The molecule has 0 spiro atoms. The van der Waals surface area contributed by atoms with Gasteiger partial charge in [-0.3, -0.25) is 0 Å². The molecule has 4 aromatic rings. The molecule has 0 fully saturated rings. The average Bonchev–Trinajstić information content (AvgIpc) is 2.70. The van der Waals surface area contributed by atoms with E-state index in [1.807, 2.05) is 37.3 Å². The van der Waals surface area contributed by atoms with E-state index in [4.69, 9.17) is 20.8 Å². The zero-order chi connectivity index (χ0) is 19.5. The van der Waals surface area contributed by atoms with Crippen LogP contribution in [0.1, 0.15) is 6.92 Å². The number of fused-ring (bicyclic) bond motifs is 1. The van der Waals surface area contributed by atoms with Crippen LogP contribution < -0.4 is 10.1 Å². The zero-order valence-corrected chi connectivity index (χ0v) is 15.9. The highest BCUT2D eigenvalue weighted by molar-refractivity contribution is 6.30. The summed E-state index contributed by atoms with van der Waals surface area (Å²) in [4.78, 5) is 4.56. The van der Waals surface area contributed by atoms with Crippen LogP contribution in [0.3, 0.4) is 0 Å². The Balaban J connectivity index is 1.99. The minimum absolute atomic E-state index is 0.263. The third-order valence-electron chi connectivity index (χ3n) is 4.25. The van der Waals surface area contributed by atoms with Gasteiger partial charge in [0.2, 0.25) is 0 Å². The largest absolute Gasteiger partial charge is 0.494 e. The number of nitrogens with zero attached hydrogens (tertiary/aromatic N) is 1. The molecule has 28 heavy (non-hydrogen) atoms. The van der Waals surface area contributed by atoms with Crippen molar-refractivity contribution in [1.82, 2.24) is 0 Å². The van der Waals surface area contributed by atoms with Crippen molar-refractivity contribution in [1.29, 1.82) is 0 Å². The van der Waals surface area contributed by atoms with Gasteiger partial charge in [-0.25, -0.2) is 9.38 Å². The van der Waals surface area contributed by atoms with Gasteiger partial charge in [0.1, 0.15) is 22.9 Å². The predicted molar refractivity (Wildman–Crippen MR) is 109 cm³/mol. The van der Waals surface area contributed by atoms with Gasteiger partial charge in [0.25, 0.3) is 0 Å². The molecule has 0 saturated carbocycles. The van der Waals surface area contributed by atoms with E-state index in [-0.39, 0.29) is 11.5 Å². The van der Waals surface area contributed by atoms with Crippen LogP contribution in [0.25, 0.3) is 22.3 Å². The number of benzene rings is 3. The highest BCUT2D eigenvalue weighted by Gasteiger charge is 2.09. The molecule has 3 aromatic carbocycles. The molecule has 1 aromatic heterocycles. The van der Waals surface area contributed by atoms with E-state index in [9.17, 15) is 4.39 Å². The van der Waals surface area contributed by atoms with Gasteiger partial charge in [-0.05, 0) is 61.5 Å². The summed E-state index contributed by atoms with van der Waals surface area (Å²) in [5, 5.41) is 1.98. The molecule has 4 rings (SSSR count). The van der Waals surface area contributed by atoms with Crippen molar-refractivity contribution in [2.24, 2.45) is 4.99 Å². The molecule has 0 bridgehead atoms. The zero-order valence-electron chi connectivity index (χ0n) is 15.2. The minimum Gasteiger partial charge on any atom is -0.494 e. The summed E-state index contributed by atoms with van der Waals surface area (Å²) in [5.41, 5.74) is 1.75. The van der Waals surface area contributed by atoms with Crippen molar-refractivity contribution >= 4 is 28.3 Å². The van der Waals surface area contributed by atoms with E-state index >= 15 is 0 Å². The molecule has 0 unspecified atom stereocenters. The van der Waals surface area contributed by atoms with Crippen molar-refractivity contribution < 1.29 is 13.5 Å². The molecule has 140 valence electrons. The first kappa shape index (κ1) is 18.3. The third kappa shape index (κ3) is 3.78. The summed E-state index contributed by atoms with van der Waals surface area (Å²) in [6, 6.07) is 21.1. The van der Waals surface area contributed by atoms with Gasteiger partial charge in [0, 0.05) is 22.0 Å². The Morgan fingerprint density at radius 3 is 2.54 bits per heavy atom. The fourth-order valence-electron chi connectivity index (χ4n) is 2.93. The summed E-state index contributed by atoms with van der Waals surface area (Å²) in [6.45, 7) is 2.47. The van der Waals surface area contributed by atoms with Crippen molar-refractivity contribution in [3.8, 4) is 17.1 Å². The second-order valence-corrected chi connectivity index (χ2v) is 6.59. The lowest BCUT2D eigenvalue weighted by Gasteiger charge is -2.08. The fourth-order valence-corrected chi connectivity index (χ4v) is 3.05. The summed E-state index contributed by atoms with van der Waals surface area (Å²) in [5.74, 6) is 0.934. The van der Waals surface area contributed by atoms with E-state index in [0.717, 1.165) is 10.9 Å². The minimum atomic E-state index is -0.384. The summed E-state index contributed by atoms with van der Waals surface area (Å²) < 4.78 is 25.9. The van der Waals surface area contributed by atoms with E-state index < -0.39 is 0 Å². The van der Waals surface area contributed by atoms with Crippen LogP contribution in [0.4, 0.5) is 10.1 Å². The molecule has 0 aliphatic carbocycles. The van der Waals surface area contributed by atoms with Crippen molar-refractivity contribution in [2.75, 3.05) is 6.61 Å². The molecule has 0 aliphatic heterocycles. The molecular weight excluding hydrogens is 377 g/mol. The topological polar surface area (TPSA) is 34.7 Å². The Morgan fingerprint density at radius 2 is 1.79 bits per heavy atom. The molecule has 0 atom stereocenters. The van der Waals surface area contributed by atoms with Gasteiger partial charge in [-0.15, -0.1) is 0 Å². The molecule has 0 aliphatic rings. The monoisotopic (exact) mass is 393 g/mol. The second kappa shape index (κ2) is 7.87. The predicted octanol–water partition coefficient (Wildman–Crippen LogP) is 6.52. The first-order chi connectivity index (χ1) is 13.6. The highest BCUT2D eigenvalue weighted by atomic mass is 35.5. The lowest BCUT2D eigenvalue weighted by atomic mass is 10.1. The standard InChI is InChI=1S/C23H17ClFNO2/c1-2-27-17-11-12-22-18(13-17)21(26-20-6-4-3-5-19(20)25)14-23(28-22)15-7-9-16(24)10-8-15/h3-14H,2H2,1H3. The van der Waals surface area contributed by atoms with Crippen LogP contribution in [0.5, 0.6) is 5.75 Å². The molecular formula is C23H17ClFNO2. The summed E-state index contributed by atoms with van der Waals surface area (Å²) >= 11 is 5.99. The molecule has 0 saturated heterocycles. The SMILES string of the molecule is CCOc1ccc2oc(-c3ccc(Cl)cc3)cc(=Nc3ccccc3F)c2c1. The van der Waals surface area contributed by atoms with E-state index in [0.29, 0.717) is 34.1 Å². The molecule has 0 radical (unpaired) electrons. The van der Waals surface area contributed by atoms with Gasteiger partial charge >= 0.3 is 0 Å². The van der Waals surface area contributed by atoms with Gasteiger partial charge in [-0.2, -0.15) is 0 Å². The van der Waals surface area contributed by atoms with Gasteiger partial charge in [0.05, 0.1) is 17.7 Å². The quantitative estimate of drug-likeness (QED) is 0.395. The number of hydrogen-bond donors (Lipinski definition) is 0. The lowest BCUT2D eigenvalue weighted by molar-refractivity contribution is 0.340. The summed E-state index contributed by atoms with van der Waals surface area (Å²) in [7, 11) is 0. The number of hydrogen-bond acceptors (Lipinski definition) is 3. The Labute approximate surface area is 166 Å². The Kier molecular flexibility index (Phi) is 5.13. The van der Waals surface area contributed by atoms with E-state index in [1.54, 1.807) is 36.4 Å². The van der Waals surface area contributed by atoms with Crippen LogP contribution in [-0.4, -0.2) is 6.61 Å². The maximum absolute atomic E-state index is 14.2. The van der Waals surface area contributed by atoms with Crippen LogP contribution in [0.15, 0.2) is 82.2 Å². The maximum Gasteiger partial charge on any atom is 0.148 e. The Hall–Kier alpha value is -3.11. The van der Waals surface area contributed by atoms with Crippen LogP contribution in [-0.2, 0) is 0 Å². The number of ether oxygens (including phenoxy) is 1. The number of para-hydroxylation sites is 1. The normalized spacial score (nSPS) is 11.8. The Morgan fingerprint density at radius 1 is 1.00 bits per heavy atom.